The number of aryl methyl sites for hydroxylation is 2. The summed E-state index contributed by atoms with van der Waals surface area (Å²) in [4.78, 5) is 13.2. The Balaban J connectivity index is 0.00000243. The van der Waals surface area contributed by atoms with Crippen LogP contribution in [0.5, 0.6) is 0 Å². The molecule has 0 saturated carbocycles. The molecule has 0 bridgehead atoms. The first-order chi connectivity index (χ1) is 12.1. The van der Waals surface area contributed by atoms with Crippen LogP contribution in [0.4, 0.5) is 0 Å². The number of aliphatic imine (C=N–C) groups is 1. The van der Waals surface area contributed by atoms with Gasteiger partial charge in [0, 0.05) is 32.5 Å². The predicted molar refractivity (Wildman–Crippen MR) is 109 cm³/mol. The average molecular weight is 474 g/mol. The highest BCUT2D eigenvalue weighted by Gasteiger charge is 2.24. The molecule has 2 aromatic heterocycles. The van der Waals surface area contributed by atoms with Gasteiger partial charge in [-0.05, 0) is 19.8 Å². The summed E-state index contributed by atoms with van der Waals surface area (Å²) >= 11 is 0. The average Bonchev–Trinajstić information content (AvgIpc) is 3.20. The number of aromatic nitrogens is 5. The lowest BCUT2D eigenvalue weighted by Gasteiger charge is -2.24. The van der Waals surface area contributed by atoms with E-state index >= 15 is 0 Å². The second kappa shape index (κ2) is 9.28. The Kier molecular flexibility index (Phi) is 7.35. The number of nitrogens with zero attached hydrogens (tertiary/aromatic N) is 6. The van der Waals surface area contributed by atoms with E-state index in [2.05, 4.69) is 35.8 Å². The van der Waals surface area contributed by atoms with Gasteiger partial charge in [-0.1, -0.05) is 19.0 Å². The van der Waals surface area contributed by atoms with Crippen LogP contribution < -0.4 is 10.6 Å². The van der Waals surface area contributed by atoms with Gasteiger partial charge in [-0.25, -0.2) is 9.67 Å². The molecule has 0 fully saturated rings. The fourth-order valence-electron chi connectivity index (χ4n) is 2.86. The zero-order chi connectivity index (χ0) is 17.8. The van der Waals surface area contributed by atoms with Gasteiger partial charge >= 0.3 is 0 Å². The molecule has 1 aliphatic heterocycles. The summed E-state index contributed by atoms with van der Waals surface area (Å²) in [7, 11) is 1.76. The molecule has 1 aliphatic rings. The van der Waals surface area contributed by atoms with Crippen molar-refractivity contribution in [2.45, 2.75) is 58.5 Å². The Morgan fingerprint density at radius 3 is 2.88 bits per heavy atom. The second-order valence-corrected chi connectivity index (χ2v) is 6.53. The minimum absolute atomic E-state index is 0. The van der Waals surface area contributed by atoms with Crippen LogP contribution in [0.1, 0.15) is 62.0 Å². The van der Waals surface area contributed by atoms with E-state index in [1.165, 1.54) is 0 Å². The van der Waals surface area contributed by atoms with E-state index < -0.39 is 0 Å². The van der Waals surface area contributed by atoms with E-state index in [-0.39, 0.29) is 35.9 Å². The molecule has 0 aromatic carbocycles. The fourth-order valence-corrected chi connectivity index (χ4v) is 2.86. The third kappa shape index (κ3) is 4.92. The third-order valence-corrected chi connectivity index (χ3v) is 4.15. The Labute approximate surface area is 170 Å². The van der Waals surface area contributed by atoms with Crippen LogP contribution in [0.15, 0.2) is 9.52 Å². The van der Waals surface area contributed by atoms with Crippen molar-refractivity contribution in [1.29, 1.82) is 0 Å². The van der Waals surface area contributed by atoms with Crippen molar-refractivity contribution in [2.24, 2.45) is 4.99 Å². The van der Waals surface area contributed by atoms with Crippen LogP contribution in [-0.2, 0) is 13.0 Å². The molecule has 0 amide bonds. The highest BCUT2D eigenvalue weighted by Crippen LogP contribution is 2.22. The summed E-state index contributed by atoms with van der Waals surface area (Å²) in [6.45, 7) is 7.60. The molecule has 0 saturated heterocycles. The normalized spacial score (nSPS) is 17.0. The first-order valence-corrected chi connectivity index (χ1v) is 8.78. The maximum atomic E-state index is 5.26. The Hall–Kier alpha value is -1.72. The largest absolute Gasteiger partial charge is 0.356 e. The Bertz CT molecular complexity index is 738. The maximum absolute atomic E-state index is 5.26. The molecule has 3 rings (SSSR count). The van der Waals surface area contributed by atoms with Crippen LogP contribution in [0.3, 0.4) is 0 Å². The van der Waals surface area contributed by atoms with Gasteiger partial charge in [0.15, 0.2) is 11.8 Å². The number of nitrogens with one attached hydrogen (secondary N) is 2. The minimum atomic E-state index is 0. The topological polar surface area (TPSA) is 106 Å². The lowest BCUT2D eigenvalue weighted by Crippen LogP contribution is -2.42. The SMILES string of the molecule is CN=C(NCCc1nc(C(C)C)no1)NC1CCCn2nc(C)nc21.I. The first-order valence-electron chi connectivity index (χ1n) is 8.78. The van der Waals surface area contributed by atoms with Crippen molar-refractivity contribution < 1.29 is 4.52 Å². The van der Waals surface area contributed by atoms with Crippen LogP contribution in [-0.4, -0.2) is 44.5 Å². The van der Waals surface area contributed by atoms with E-state index in [1.54, 1.807) is 7.05 Å². The highest BCUT2D eigenvalue weighted by molar-refractivity contribution is 14.0. The molecule has 26 heavy (non-hydrogen) atoms. The van der Waals surface area contributed by atoms with Gasteiger partial charge < -0.3 is 15.2 Å². The quantitative estimate of drug-likeness (QED) is 0.388. The molecule has 0 radical (unpaired) electrons. The van der Waals surface area contributed by atoms with Gasteiger partial charge in [-0.2, -0.15) is 10.1 Å². The van der Waals surface area contributed by atoms with Gasteiger partial charge in [0.05, 0.1) is 6.04 Å². The Morgan fingerprint density at radius 1 is 1.38 bits per heavy atom. The Morgan fingerprint density at radius 2 is 2.19 bits per heavy atom. The third-order valence-electron chi connectivity index (χ3n) is 4.15. The molecule has 0 spiro atoms. The van der Waals surface area contributed by atoms with Crippen molar-refractivity contribution in [3.05, 3.63) is 23.4 Å². The van der Waals surface area contributed by atoms with Crippen LogP contribution in [0.2, 0.25) is 0 Å². The lowest BCUT2D eigenvalue weighted by molar-refractivity contribution is 0.370. The summed E-state index contributed by atoms with van der Waals surface area (Å²) in [5.74, 6) is 4.18. The maximum Gasteiger partial charge on any atom is 0.228 e. The minimum Gasteiger partial charge on any atom is -0.356 e. The molecule has 2 N–H and O–H groups in total. The van der Waals surface area contributed by atoms with E-state index in [0.29, 0.717) is 18.9 Å². The molecule has 1 atom stereocenters. The summed E-state index contributed by atoms with van der Waals surface area (Å²) < 4.78 is 7.24. The second-order valence-electron chi connectivity index (χ2n) is 6.53. The van der Waals surface area contributed by atoms with Crippen LogP contribution >= 0.6 is 24.0 Å². The van der Waals surface area contributed by atoms with Gasteiger partial charge in [-0.15, -0.1) is 24.0 Å². The molecular formula is C16H27IN8O. The zero-order valence-electron chi connectivity index (χ0n) is 15.7. The zero-order valence-corrected chi connectivity index (χ0v) is 18.0. The molecule has 3 heterocycles. The van der Waals surface area contributed by atoms with Crippen LogP contribution in [0, 0.1) is 6.92 Å². The number of halogens is 1. The van der Waals surface area contributed by atoms with E-state index in [1.807, 2.05) is 25.5 Å². The standard InChI is InChI=1S/C16H26N8O.HI/c1-10(2)14-21-13(25-23-14)7-8-18-16(17-4)20-12-6-5-9-24-15(12)19-11(3)22-24;/h10,12H,5-9H2,1-4H3,(H2,17,18,20);1H. The van der Waals surface area contributed by atoms with Crippen LogP contribution in [0.25, 0.3) is 0 Å². The molecule has 1 unspecified atom stereocenters. The number of guanidine groups is 1. The number of fused-ring (bicyclic) bond motifs is 1. The molecular weight excluding hydrogens is 447 g/mol. The number of rotatable bonds is 5. The van der Waals surface area contributed by atoms with Gasteiger partial charge in [0.25, 0.3) is 0 Å². The molecule has 144 valence electrons. The number of hydrogen-bond donors (Lipinski definition) is 2. The van der Waals surface area contributed by atoms with E-state index in [4.69, 9.17) is 4.52 Å². The monoisotopic (exact) mass is 474 g/mol. The first kappa shape index (κ1) is 20.6. The lowest BCUT2D eigenvalue weighted by atomic mass is 10.1. The molecule has 9 nitrogen and oxygen atoms in total. The fraction of sp³-hybridized carbons (Fsp3) is 0.688. The van der Waals surface area contributed by atoms with Gasteiger partial charge in [-0.3, -0.25) is 4.99 Å². The van der Waals surface area contributed by atoms with Crippen molar-refractivity contribution in [2.75, 3.05) is 13.6 Å². The van der Waals surface area contributed by atoms with Crippen molar-refractivity contribution in [1.82, 2.24) is 35.5 Å². The van der Waals surface area contributed by atoms with Crippen molar-refractivity contribution >= 4 is 29.9 Å². The van der Waals surface area contributed by atoms with E-state index in [9.17, 15) is 0 Å². The van der Waals surface area contributed by atoms with E-state index in [0.717, 1.165) is 42.8 Å². The highest BCUT2D eigenvalue weighted by atomic mass is 127. The summed E-state index contributed by atoms with van der Waals surface area (Å²) in [5.41, 5.74) is 0. The summed E-state index contributed by atoms with van der Waals surface area (Å²) in [6.07, 6.45) is 2.74. The summed E-state index contributed by atoms with van der Waals surface area (Å²) in [5, 5.41) is 15.1. The number of hydrogen-bond acceptors (Lipinski definition) is 6. The van der Waals surface area contributed by atoms with Crippen molar-refractivity contribution in [3.63, 3.8) is 0 Å². The summed E-state index contributed by atoms with van der Waals surface area (Å²) in [6, 6.07) is 0.122. The predicted octanol–water partition coefficient (Wildman–Crippen LogP) is 1.95. The van der Waals surface area contributed by atoms with Crippen molar-refractivity contribution in [3.8, 4) is 0 Å². The molecule has 10 heteroatoms. The molecule has 2 aromatic rings. The van der Waals surface area contributed by atoms with Gasteiger partial charge in [0.2, 0.25) is 5.89 Å². The smallest absolute Gasteiger partial charge is 0.228 e. The van der Waals surface area contributed by atoms with Gasteiger partial charge in [0.1, 0.15) is 11.6 Å². The molecule has 0 aliphatic carbocycles.